The van der Waals surface area contributed by atoms with Gasteiger partial charge in [0.05, 0.1) is 0 Å². The van der Waals surface area contributed by atoms with E-state index >= 15 is 0 Å². The van der Waals surface area contributed by atoms with E-state index in [-0.39, 0.29) is 11.7 Å². The van der Waals surface area contributed by atoms with E-state index in [1.165, 1.54) is 17.7 Å². The molecule has 0 saturated carbocycles. The van der Waals surface area contributed by atoms with Crippen LogP contribution in [0.5, 0.6) is 0 Å². The molecule has 0 N–H and O–H groups in total. The van der Waals surface area contributed by atoms with Gasteiger partial charge in [-0.25, -0.2) is 4.39 Å². The molecule has 1 amide bonds. The maximum atomic E-state index is 13.1. The van der Waals surface area contributed by atoms with Crippen LogP contribution in [-0.4, -0.2) is 48.9 Å². The molecule has 1 aliphatic heterocycles. The number of fused-ring (bicyclic) bond motifs is 1. The predicted molar refractivity (Wildman–Crippen MR) is 120 cm³/mol. The van der Waals surface area contributed by atoms with Crippen molar-refractivity contribution >= 4 is 16.7 Å². The van der Waals surface area contributed by atoms with Crippen molar-refractivity contribution in [1.82, 2.24) is 9.80 Å². The first-order chi connectivity index (χ1) is 14.6. The zero-order chi connectivity index (χ0) is 20.9. The molecule has 0 aliphatic carbocycles. The second kappa shape index (κ2) is 9.40. The number of amides is 1. The van der Waals surface area contributed by atoms with Crippen molar-refractivity contribution in [1.29, 1.82) is 0 Å². The summed E-state index contributed by atoms with van der Waals surface area (Å²) in [5, 5.41) is 2.25. The number of piperidine rings is 1. The fraction of sp³-hybridized carbons (Fsp3) is 0.346. The first-order valence-corrected chi connectivity index (χ1v) is 10.8. The van der Waals surface area contributed by atoms with E-state index in [0.717, 1.165) is 61.8 Å². The highest BCUT2D eigenvalue weighted by Crippen LogP contribution is 2.20. The molecule has 0 radical (unpaired) electrons. The number of halogens is 1. The zero-order valence-electron chi connectivity index (χ0n) is 17.6. The van der Waals surface area contributed by atoms with Crippen LogP contribution in [0.15, 0.2) is 66.7 Å². The summed E-state index contributed by atoms with van der Waals surface area (Å²) < 4.78 is 13.1. The van der Waals surface area contributed by atoms with Gasteiger partial charge in [0, 0.05) is 32.2 Å². The minimum atomic E-state index is -0.184. The quantitative estimate of drug-likeness (QED) is 0.577. The molecule has 0 unspecified atom stereocenters. The summed E-state index contributed by atoms with van der Waals surface area (Å²) in [6.07, 6.45) is 3.24. The Morgan fingerprint density at radius 2 is 1.83 bits per heavy atom. The minimum absolute atomic E-state index is 0.0872. The Labute approximate surface area is 178 Å². The molecule has 4 rings (SSSR count). The summed E-state index contributed by atoms with van der Waals surface area (Å²) in [5.74, 6) is 0.390. The average Bonchev–Trinajstić information content (AvgIpc) is 2.78. The third-order valence-electron chi connectivity index (χ3n) is 6.11. The van der Waals surface area contributed by atoms with Gasteiger partial charge in [0.1, 0.15) is 5.82 Å². The molecule has 3 aromatic carbocycles. The van der Waals surface area contributed by atoms with Crippen LogP contribution in [0.1, 0.15) is 28.8 Å². The summed E-state index contributed by atoms with van der Waals surface area (Å²) >= 11 is 0. The molecule has 156 valence electrons. The lowest BCUT2D eigenvalue weighted by Crippen LogP contribution is -2.42. The van der Waals surface area contributed by atoms with E-state index in [0.29, 0.717) is 5.92 Å². The van der Waals surface area contributed by atoms with Crippen LogP contribution in [0.2, 0.25) is 0 Å². The molecule has 1 fully saturated rings. The number of carbonyl (C=O) groups excluding carboxylic acids is 1. The molecule has 1 atom stereocenters. The molecule has 0 spiro atoms. The zero-order valence-corrected chi connectivity index (χ0v) is 17.6. The molecule has 30 heavy (non-hydrogen) atoms. The topological polar surface area (TPSA) is 23.6 Å². The first kappa shape index (κ1) is 20.5. The van der Waals surface area contributed by atoms with E-state index in [1.807, 2.05) is 60.5 Å². The van der Waals surface area contributed by atoms with Crippen molar-refractivity contribution in [2.75, 3.05) is 33.2 Å². The minimum Gasteiger partial charge on any atom is -0.341 e. The highest BCUT2D eigenvalue weighted by Gasteiger charge is 2.23. The van der Waals surface area contributed by atoms with Crippen molar-refractivity contribution in [3.63, 3.8) is 0 Å². The third kappa shape index (κ3) is 5.06. The number of rotatable bonds is 6. The van der Waals surface area contributed by atoms with Crippen LogP contribution in [0.3, 0.4) is 0 Å². The molecule has 1 aliphatic rings. The van der Waals surface area contributed by atoms with Crippen molar-refractivity contribution in [2.24, 2.45) is 5.92 Å². The van der Waals surface area contributed by atoms with Gasteiger partial charge in [0.15, 0.2) is 0 Å². The Morgan fingerprint density at radius 1 is 1.07 bits per heavy atom. The van der Waals surface area contributed by atoms with Gasteiger partial charge in [-0.15, -0.1) is 0 Å². The van der Waals surface area contributed by atoms with Gasteiger partial charge in [-0.2, -0.15) is 0 Å². The average molecular weight is 405 g/mol. The normalized spacial score (nSPS) is 17.2. The van der Waals surface area contributed by atoms with Crippen molar-refractivity contribution < 1.29 is 9.18 Å². The number of benzene rings is 3. The second-order valence-electron chi connectivity index (χ2n) is 8.43. The van der Waals surface area contributed by atoms with Gasteiger partial charge in [-0.1, -0.05) is 42.5 Å². The van der Waals surface area contributed by atoms with E-state index in [2.05, 4.69) is 11.0 Å². The lowest BCUT2D eigenvalue weighted by atomic mass is 9.96. The fourth-order valence-corrected chi connectivity index (χ4v) is 4.45. The number of carbonyl (C=O) groups is 1. The number of nitrogens with zero attached hydrogens (tertiary/aromatic N) is 2. The monoisotopic (exact) mass is 404 g/mol. The Balaban J connectivity index is 1.32. The fourth-order valence-electron chi connectivity index (χ4n) is 4.45. The molecule has 1 heterocycles. The van der Waals surface area contributed by atoms with Gasteiger partial charge in [-0.05, 0) is 72.3 Å². The molecule has 4 heteroatoms. The van der Waals surface area contributed by atoms with Crippen molar-refractivity contribution in [3.8, 4) is 0 Å². The number of likely N-dealkylation sites (tertiary alicyclic amines) is 1. The van der Waals surface area contributed by atoms with Crippen LogP contribution in [0.4, 0.5) is 4.39 Å². The van der Waals surface area contributed by atoms with Crippen molar-refractivity contribution in [2.45, 2.75) is 19.3 Å². The Hall–Kier alpha value is -2.72. The molecule has 0 bridgehead atoms. The number of hydrogen-bond donors (Lipinski definition) is 0. The molecular weight excluding hydrogens is 375 g/mol. The smallest absolute Gasteiger partial charge is 0.253 e. The third-order valence-corrected chi connectivity index (χ3v) is 6.11. The van der Waals surface area contributed by atoms with Gasteiger partial charge in [0.25, 0.3) is 5.91 Å². The largest absolute Gasteiger partial charge is 0.341 e. The summed E-state index contributed by atoms with van der Waals surface area (Å²) in [6.45, 7) is 3.86. The summed E-state index contributed by atoms with van der Waals surface area (Å²) in [4.78, 5) is 17.3. The predicted octanol–water partition coefficient (Wildman–Crippen LogP) is 5.01. The van der Waals surface area contributed by atoms with Crippen molar-refractivity contribution in [3.05, 3.63) is 83.7 Å². The lowest BCUT2D eigenvalue weighted by Gasteiger charge is -2.34. The van der Waals surface area contributed by atoms with Gasteiger partial charge in [-0.3, -0.25) is 4.79 Å². The van der Waals surface area contributed by atoms with E-state index < -0.39 is 0 Å². The number of hydrogen-bond acceptors (Lipinski definition) is 2. The maximum Gasteiger partial charge on any atom is 0.253 e. The van der Waals surface area contributed by atoms with Crippen LogP contribution in [-0.2, 0) is 6.42 Å². The first-order valence-electron chi connectivity index (χ1n) is 10.8. The highest BCUT2D eigenvalue weighted by atomic mass is 19.1. The lowest BCUT2D eigenvalue weighted by molar-refractivity contribution is 0.0730. The van der Waals surface area contributed by atoms with Crippen LogP contribution >= 0.6 is 0 Å². The van der Waals surface area contributed by atoms with E-state index in [4.69, 9.17) is 0 Å². The molecular formula is C26H29FN2O. The standard InChI is InChI=1S/C26H29FN2O/c1-28(26(30)24-11-10-22-6-2-3-7-23(22)17-24)18-21-5-4-15-29(19-21)16-14-20-8-12-25(27)13-9-20/h2-3,6-13,17,21H,4-5,14-16,18-19H2,1H3/t21-/m1/s1. The molecule has 1 saturated heterocycles. The Morgan fingerprint density at radius 3 is 2.63 bits per heavy atom. The van der Waals surface area contributed by atoms with Gasteiger partial charge < -0.3 is 9.80 Å². The highest BCUT2D eigenvalue weighted by molar-refractivity contribution is 5.98. The Bertz CT molecular complexity index is 1000. The van der Waals surface area contributed by atoms with E-state index in [1.54, 1.807) is 0 Å². The SMILES string of the molecule is CN(C[C@H]1CCCN(CCc2ccc(F)cc2)C1)C(=O)c1ccc2ccccc2c1. The molecule has 3 aromatic rings. The Kier molecular flexibility index (Phi) is 6.44. The summed E-state index contributed by atoms with van der Waals surface area (Å²) in [6, 6.07) is 20.9. The summed E-state index contributed by atoms with van der Waals surface area (Å²) in [7, 11) is 1.91. The van der Waals surface area contributed by atoms with Crippen LogP contribution < -0.4 is 0 Å². The van der Waals surface area contributed by atoms with Crippen LogP contribution in [0, 0.1) is 11.7 Å². The summed E-state index contributed by atoms with van der Waals surface area (Å²) in [5.41, 5.74) is 1.92. The van der Waals surface area contributed by atoms with E-state index in [9.17, 15) is 9.18 Å². The van der Waals surface area contributed by atoms with Crippen LogP contribution in [0.25, 0.3) is 10.8 Å². The second-order valence-corrected chi connectivity index (χ2v) is 8.43. The maximum absolute atomic E-state index is 13.1. The molecule has 0 aromatic heterocycles. The van der Waals surface area contributed by atoms with Gasteiger partial charge in [0.2, 0.25) is 0 Å². The van der Waals surface area contributed by atoms with Gasteiger partial charge >= 0.3 is 0 Å². The molecule has 3 nitrogen and oxygen atoms in total.